The van der Waals surface area contributed by atoms with E-state index in [1.54, 1.807) is 23.1 Å². The number of amides is 1. The van der Waals surface area contributed by atoms with Crippen LogP contribution in [0.15, 0.2) is 18.2 Å². The Kier molecular flexibility index (Phi) is 4.15. The van der Waals surface area contributed by atoms with Crippen LogP contribution in [-0.2, 0) is 14.8 Å². The van der Waals surface area contributed by atoms with Crippen molar-refractivity contribution in [2.24, 2.45) is 0 Å². The molecule has 7 heteroatoms. The maximum atomic E-state index is 11.7. The molecule has 1 aliphatic rings. The van der Waals surface area contributed by atoms with Crippen LogP contribution >= 0.6 is 15.9 Å². The van der Waals surface area contributed by atoms with Gasteiger partial charge in [0, 0.05) is 24.3 Å². The largest absolute Gasteiger partial charge is 0.312 e. The first-order valence-corrected chi connectivity index (χ1v) is 8.68. The van der Waals surface area contributed by atoms with Gasteiger partial charge in [-0.2, -0.15) is 0 Å². The summed E-state index contributed by atoms with van der Waals surface area (Å²) in [6.07, 6.45) is 1.45. The Morgan fingerprint density at radius 3 is 2.68 bits per heavy atom. The Morgan fingerprint density at radius 1 is 1.42 bits per heavy atom. The zero-order valence-electron chi connectivity index (χ0n) is 10.5. The number of halogens is 1. The second kappa shape index (κ2) is 5.50. The van der Waals surface area contributed by atoms with Crippen LogP contribution in [-0.4, -0.2) is 25.5 Å². The summed E-state index contributed by atoms with van der Waals surface area (Å²) in [5.41, 5.74) is 2.24. The molecular formula is C12H15BrN2O3S. The van der Waals surface area contributed by atoms with Crippen LogP contribution in [0.3, 0.4) is 0 Å². The number of hydrogen-bond donors (Lipinski definition) is 1. The van der Waals surface area contributed by atoms with E-state index in [-0.39, 0.29) is 10.6 Å². The number of alkyl halides is 1. The lowest BCUT2D eigenvalue weighted by Gasteiger charge is -2.19. The molecule has 1 aromatic rings. The predicted octanol–water partition coefficient (Wildman–Crippen LogP) is 2.22. The van der Waals surface area contributed by atoms with E-state index in [0.29, 0.717) is 12.1 Å². The maximum absolute atomic E-state index is 11.7. The maximum Gasteiger partial charge on any atom is 0.242 e. The number of carbonyl (C=O) groups is 1. The predicted molar refractivity (Wildman–Crippen MR) is 79.1 cm³/mol. The van der Waals surface area contributed by atoms with Gasteiger partial charge in [0.15, 0.2) is 0 Å². The number of carbonyl (C=O) groups excluding carboxylic acids is 1. The van der Waals surface area contributed by atoms with Crippen molar-refractivity contribution in [3.8, 4) is 0 Å². The molecule has 5 nitrogen and oxygen atoms in total. The molecule has 0 saturated carbocycles. The summed E-state index contributed by atoms with van der Waals surface area (Å²) in [4.78, 5) is 13.4. The number of nitrogens with zero attached hydrogens (tertiary/aromatic N) is 1. The van der Waals surface area contributed by atoms with Crippen molar-refractivity contribution >= 4 is 43.2 Å². The highest BCUT2D eigenvalue weighted by Gasteiger charge is 2.23. The first kappa shape index (κ1) is 14.3. The van der Waals surface area contributed by atoms with Gasteiger partial charge in [-0.05, 0) is 37.1 Å². The van der Waals surface area contributed by atoms with Gasteiger partial charge in [0.1, 0.15) is 4.66 Å². The fourth-order valence-electron chi connectivity index (χ4n) is 2.13. The molecule has 104 valence electrons. The molecule has 1 heterocycles. The van der Waals surface area contributed by atoms with E-state index in [0.717, 1.165) is 24.2 Å². The quantitative estimate of drug-likeness (QED) is 0.850. The normalized spacial score (nSPS) is 15.9. The molecule has 1 saturated heterocycles. The Balaban J connectivity index is 2.25. The van der Waals surface area contributed by atoms with Gasteiger partial charge in [0.05, 0.1) is 0 Å². The topological polar surface area (TPSA) is 66.5 Å². The third-order valence-corrected chi connectivity index (χ3v) is 5.62. The number of hydrogen-bond acceptors (Lipinski definition) is 3. The van der Waals surface area contributed by atoms with Crippen molar-refractivity contribution in [2.45, 2.75) is 19.8 Å². The fourth-order valence-corrected chi connectivity index (χ4v) is 3.02. The Morgan fingerprint density at radius 2 is 2.16 bits per heavy atom. The minimum Gasteiger partial charge on any atom is -0.312 e. The van der Waals surface area contributed by atoms with Crippen LogP contribution in [0.1, 0.15) is 18.4 Å². The first-order chi connectivity index (χ1) is 8.93. The highest BCUT2D eigenvalue weighted by Crippen LogP contribution is 2.27. The van der Waals surface area contributed by atoms with Crippen LogP contribution in [0, 0.1) is 6.92 Å². The average molecular weight is 347 g/mol. The Hall–Kier alpha value is -1.08. The highest BCUT2D eigenvalue weighted by molar-refractivity contribution is 9.10. The summed E-state index contributed by atoms with van der Waals surface area (Å²) in [7, 11) is -3.35. The minimum atomic E-state index is -3.35. The molecule has 0 bridgehead atoms. The monoisotopic (exact) mass is 346 g/mol. The Labute approximate surface area is 121 Å². The molecule has 1 aromatic carbocycles. The SMILES string of the molecule is Cc1cc(NS(=O)(=O)CBr)ccc1N1CCCC1=O. The van der Waals surface area contributed by atoms with E-state index in [1.165, 1.54) is 0 Å². The highest BCUT2D eigenvalue weighted by atomic mass is 79.9. The molecule has 1 aliphatic heterocycles. The van der Waals surface area contributed by atoms with Crippen molar-refractivity contribution in [3.63, 3.8) is 0 Å². The third kappa shape index (κ3) is 3.27. The summed E-state index contributed by atoms with van der Waals surface area (Å²) < 4.78 is 25.2. The molecule has 0 unspecified atom stereocenters. The van der Waals surface area contributed by atoms with Gasteiger partial charge in [0.2, 0.25) is 15.9 Å². The molecule has 0 aromatic heterocycles. The molecule has 0 atom stereocenters. The van der Waals surface area contributed by atoms with E-state index in [4.69, 9.17) is 0 Å². The molecular weight excluding hydrogens is 332 g/mol. The van der Waals surface area contributed by atoms with Gasteiger partial charge < -0.3 is 4.90 Å². The summed E-state index contributed by atoms with van der Waals surface area (Å²) in [6, 6.07) is 5.19. The van der Waals surface area contributed by atoms with Gasteiger partial charge in [-0.3, -0.25) is 9.52 Å². The number of sulfonamides is 1. The number of aryl methyl sites for hydroxylation is 1. The minimum absolute atomic E-state index is 0.122. The van der Waals surface area contributed by atoms with Crippen LogP contribution in [0.5, 0.6) is 0 Å². The molecule has 19 heavy (non-hydrogen) atoms. The molecule has 0 aliphatic carbocycles. The molecule has 1 N–H and O–H groups in total. The van der Waals surface area contributed by atoms with Crippen molar-refractivity contribution in [1.29, 1.82) is 0 Å². The summed E-state index contributed by atoms with van der Waals surface area (Å²) in [5, 5.41) is 0. The van der Waals surface area contributed by atoms with Gasteiger partial charge in [-0.25, -0.2) is 8.42 Å². The van der Waals surface area contributed by atoms with Crippen molar-refractivity contribution in [2.75, 3.05) is 20.8 Å². The second-order valence-electron chi connectivity index (χ2n) is 4.48. The van der Waals surface area contributed by atoms with E-state index in [9.17, 15) is 13.2 Å². The average Bonchev–Trinajstić information content (AvgIpc) is 2.75. The third-order valence-electron chi connectivity index (χ3n) is 2.98. The Bertz CT molecular complexity index is 601. The molecule has 0 spiro atoms. The fraction of sp³-hybridized carbons (Fsp3) is 0.417. The standard InChI is InChI=1S/C12H15BrN2O3S/c1-9-7-10(14-19(17,18)8-13)4-5-11(9)15-6-2-3-12(15)16/h4-5,7,14H,2-3,6,8H2,1H3. The summed E-state index contributed by atoms with van der Waals surface area (Å²) in [6.45, 7) is 2.60. The zero-order chi connectivity index (χ0) is 14.0. The lowest BCUT2D eigenvalue weighted by atomic mass is 10.1. The van der Waals surface area contributed by atoms with Gasteiger partial charge in [-0.1, -0.05) is 15.9 Å². The van der Waals surface area contributed by atoms with Crippen LogP contribution in [0.25, 0.3) is 0 Å². The van der Waals surface area contributed by atoms with E-state index in [1.807, 2.05) is 6.92 Å². The molecule has 2 rings (SSSR count). The van der Waals surface area contributed by atoms with Gasteiger partial charge in [-0.15, -0.1) is 0 Å². The van der Waals surface area contributed by atoms with E-state index >= 15 is 0 Å². The molecule has 0 radical (unpaired) electrons. The zero-order valence-corrected chi connectivity index (χ0v) is 12.9. The lowest BCUT2D eigenvalue weighted by molar-refractivity contribution is -0.117. The smallest absolute Gasteiger partial charge is 0.242 e. The van der Waals surface area contributed by atoms with E-state index < -0.39 is 10.0 Å². The van der Waals surface area contributed by atoms with Gasteiger partial charge in [0.25, 0.3) is 0 Å². The number of rotatable bonds is 4. The lowest BCUT2D eigenvalue weighted by Crippen LogP contribution is -2.24. The summed E-state index contributed by atoms with van der Waals surface area (Å²) >= 11 is 2.92. The number of anilines is 2. The summed E-state index contributed by atoms with van der Waals surface area (Å²) in [5.74, 6) is 0.122. The first-order valence-electron chi connectivity index (χ1n) is 5.90. The van der Waals surface area contributed by atoms with Crippen LogP contribution in [0.2, 0.25) is 0 Å². The van der Waals surface area contributed by atoms with Gasteiger partial charge >= 0.3 is 0 Å². The van der Waals surface area contributed by atoms with Crippen molar-refractivity contribution in [1.82, 2.24) is 0 Å². The second-order valence-corrected chi connectivity index (χ2v) is 7.50. The molecule has 1 amide bonds. The van der Waals surface area contributed by atoms with E-state index in [2.05, 4.69) is 20.7 Å². The van der Waals surface area contributed by atoms with Crippen LogP contribution in [0.4, 0.5) is 11.4 Å². The molecule has 1 fully saturated rings. The number of nitrogens with one attached hydrogen (secondary N) is 1. The van der Waals surface area contributed by atoms with Crippen molar-refractivity contribution in [3.05, 3.63) is 23.8 Å². The number of benzene rings is 1. The van der Waals surface area contributed by atoms with Crippen molar-refractivity contribution < 1.29 is 13.2 Å². The van der Waals surface area contributed by atoms with Crippen LogP contribution < -0.4 is 9.62 Å².